The lowest BCUT2D eigenvalue weighted by Gasteiger charge is -2.15. The van der Waals surface area contributed by atoms with E-state index in [1.54, 1.807) is 0 Å². The number of para-hydroxylation sites is 3. The van der Waals surface area contributed by atoms with Gasteiger partial charge in [0.15, 0.2) is 5.58 Å². The third-order valence-electron chi connectivity index (χ3n) is 8.78. The van der Waals surface area contributed by atoms with Crippen molar-refractivity contribution in [2.45, 2.75) is 0 Å². The number of nitrogens with zero attached hydrogens (tertiary/aromatic N) is 2. The van der Waals surface area contributed by atoms with Gasteiger partial charge in [-0.3, -0.25) is 0 Å². The Balaban J connectivity index is 1.41. The van der Waals surface area contributed by atoms with Crippen molar-refractivity contribution in [2.24, 2.45) is 0 Å². The zero-order valence-electron chi connectivity index (χ0n) is 22.9. The van der Waals surface area contributed by atoms with Crippen LogP contribution in [0, 0.1) is 0 Å². The molecule has 0 spiro atoms. The number of benzene rings is 7. The van der Waals surface area contributed by atoms with Gasteiger partial charge in [0.2, 0.25) is 5.89 Å². The highest BCUT2D eigenvalue weighted by Crippen LogP contribution is 2.44. The molecule has 0 unspecified atom stereocenters. The normalized spacial score (nSPS) is 12.2. The molecule has 0 amide bonds. The average Bonchev–Trinajstić information content (AvgIpc) is 3.75. The van der Waals surface area contributed by atoms with Crippen LogP contribution in [0.1, 0.15) is 0 Å². The summed E-state index contributed by atoms with van der Waals surface area (Å²) in [5.74, 6) is 0.600. The van der Waals surface area contributed by atoms with Crippen molar-refractivity contribution in [1.82, 2.24) is 9.55 Å². The Morgan fingerprint density at radius 2 is 1.26 bits per heavy atom. The van der Waals surface area contributed by atoms with E-state index in [4.69, 9.17) is 13.8 Å². The lowest BCUT2D eigenvalue weighted by Crippen LogP contribution is -1.97. The number of aromatic nitrogens is 2. The van der Waals surface area contributed by atoms with Crippen LogP contribution in [0.2, 0.25) is 0 Å². The van der Waals surface area contributed by atoms with E-state index < -0.39 is 0 Å². The maximum atomic E-state index is 6.60. The van der Waals surface area contributed by atoms with E-state index in [1.165, 1.54) is 32.4 Å². The zero-order chi connectivity index (χ0) is 28.1. The van der Waals surface area contributed by atoms with Crippen molar-refractivity contribution >= 4 is 76.4 Å². The highest BCUT2D eigenvalue weighted by molar-refractivity contribution is 6.23. The summed E-state index contributed by atoms with van der Waals surface area (Å²) in [6.45, 7) is 0. The van der Waals surface area contributed by atoms with Crippen molar-refractivity contribution in [3.05, 3.63) is 133 Å². The first-order valence-electron chi connectivity index (χ1n) is 14.5. The first-order chi connectivity index (χ1) is 21.3. The maximum absolute atomic E-state index is 6.60. The Morgan fingerprint density at radius 1 is 0.488 bits per heavy atom. The van der Waals surface area contributed by atoms with E-state index in [0.29, 0.717) is 5.89 Å². The van der Waals surface area contributed by atoms with E-state index in [1.807, 2.05) is 36.4 Å². The number of furan rings is 1. The summed E-state index contributed by atoms with van der Waals surface area (Å²) in [7, 11) is 0. The fourth-order valence-electron chi connectivity index (χ4n) is 6.90. The topological polar surface area (TPSA) is 44.1 Å². The van der Waals surface area contributed by atoms with Crippen LogP contribution >= 0.6 is 0 Å². The number of oxazole rings is 1. The van der Waals surface area contributed by atoms with Crippen LogP contribution in [0.3, 0.4) is 0 Å². The van der Waals surface area contributed by atoms with Gasteiger partial charge in [-0.2, -0.15) is 0 Å². The molecule has 0 aliphatic carbocycles. The summed E-state index contributed by atoms with van der Waals surface area (Å²) < 4.78 is 15.2. The molecule has 4 heteroatoms. The van der Waals surface area contributed by atoms with Gasteiger partial charge in [-0.05, 0) is 53.2 Å². The molecule has 0 aliphatic heterocycles. The first kappa shape index (κ1) is 22.8. The fourth-order valence-corrected chi connectivity index (χ4v) is 6.90. The Labute approximate surface area is 245 Å². The van der Waals surface area contributed by atoms with Gasteiger partial charge < -0.3 is 13.4 Å². The molecule has 10 aromatic rings. The van der Waals surface area contributed by atoms with Crippen LogP contribution in [0.15, 0.2) is 142 Å². The molecule has 7 aromatic carbocycles. The number of fused-ring (bicyclic) bond motifs is 10. The lowest BCUT2D eigenvalue weighted by atomic mass is 10.0. The molecule has 43 heavy (non-hydrogen) atoms. The van der Waals surface area contributed by atoms with Crippen molar-refractivity contribution in [2.75, 3.05) is 0 Å². The minimum atomic E-state index is 0.600. The summed E-state index contributed by atoms with van der Waals surface area (Å²) in [5, 5.41) is 9.29. The van der Waals surface area contributed by atoms with Crippen LogP contribution < -0.4 is 0 Å². The highest BCUT2D eigenvalue weighted by atomic mass is 16.3. The quantitative estimate of drug-likeness (QED) is 0.215. The molecule has 0 fully saturated rings. The fraction of sp³-hybridized carbons (Fsp3) is 0. The second kappa shape index (κ2) is 8.34. The minimum Gasteiger partial charge on any atom is -0.456 e. The lowest BCUT2D eigenvalue weighted by molar-refractivity contribution is 0.620. The number of hydrogen-bond acceptors (Lipinski definition) is 3. The standard InChI is InChI=1S/C39H22N2O2/c1-3-11-26-23(9-1)17-19-29-28-13-5-7-15-32(28)41(37(26)29)38-27-12-4-2-10-24(27)22-35-36(38)30-21-25(18-20-33(30)42-35)39-40-31-14-6-8-16-34(31)43-39/h1-22H. The van der Waals surface area contributed by atoms with E-state index >= 15 is 0 Å². The van der Waals surface area contributed by atoms with Crippen molar-refractivity contribution in [3.63, 3.8) is 0 Å². The number of hydrogen-bond donors (Lipinski definition) is 0. The molecule has 4 nitrogen and oxygen atoms in total. The van der Waals surface area contributed by atoms with Crippen molar-refractivity contribution < 1.29 is 8.83 Å². The summed E-state index contributed by atoms with van der Waals surface area (Å²) >= 11 is 0. The molecule has 0 atom stereocenters. The Morgan fingerprint density at radius 3 is 2.16 bits per heavy atom. The summed E-state index contributed by atoms with van der Waals surface area (Å²) in [6, 6.07) is 46.7. The second-order valence-electron chi connectivity index (χ2n) is 11.2. The molecule has 3 heterocycles. The van der Waals surface area contributed by atoms with E-state index in [2.05, 4.69) is 102 Å². The molecule has 0 saturated heterocycles. The predicted octanol–water partition coefficient (Wildman–Crippen LogP) is 10.8. The molecular formula is C39H22N2O2. The van der Waals surface area contributed by atoms with Crippen molar-refractivity contribution in [3.8, 4) is 17.1 Å². The zero-order valence-corrected chi connectivity index (χ0v) is 22.9. The Bertz CT molecular complexity index is 2710. The molecule has 0 aliphatic rings. The van der Waals surface area contributed by atoms with Gasteiger partial charge in [-0.1, -0.05) is 91.0 Å². The summed E-state index contributed by atoms with van der Waals surface area (Å²) in [6.07, 6.45) is 0. The van der Waals surface area contributed by atoms with Crippen LogP contribution in [0.5, 0.6) is 0 Å². The third-order valence-corrected chi connectivity index (χ3v) is 8.78. The maximum Gasteiger partial charge on any atom is 0.227 e. The van der Waals surface area contributed by atoms with E-state index in [-0.39, 0.29) is 0 Å². The van der Waals surface area contributed by atoms with Gasteiger partial charge in [0.05, 0.1) is 22.1 Å². The summed E-state index contributed by atoms with van der Waals surface area (Å²) in [4.78, 5) is 4.79. The molecule has 0 radical (unpaired) electrons. The predicted molar refractivity (Wildman–Crippen MR) is 176 cm³/mol. The Hall–Kier alpha value is -5.87. The molecule has 200 valence electrons. The van der Waals surface area contributed by atoms with Crippen LogP contribution in [0.25, 0.3) is 93.5 Å². The second-order valence-corrected chi connectivity index (χ2v) is 11.2. The van der Waals surface area contributed by atoms with Gasteiger partial charge in [-0.15, -0.1) is 0 Å². The number of rotatable bonds is 2. The average molecular weight is 551 g/mol. The molecule has 3 aromatic heterocycles. The van der Waals surface area contributed by atoms with E-state index in [0.717, 1.165) is 55.2 Å². The van der Waals surface area contributed by atoms with Crippen molar-refractivity contribution in [1.29, 1.82) is 0 Å². The van der Waals surface area contributed by atoms with Gasteiger partial charge in [0.1, 0.15) is 16.7 Å². The van der Waals surface area contributed by atoms with Gasteiger partial charge in [0.25, 0.3) is 0 Å². The smallest absolute Gasteiger partial charge is 0.227 e. The first-order valence-corrected chi connectivity index (χ1v) is 14.5. The van der Waals surface area contributed by atoms with Gasteiger partial charge >= 0.3 is 0 Å². The highest BCUT2D eigenvalue weighted by Gasteiger charge is 2.22. The van der Waals surface area contributed by atoms with E-state index in [9.17, 15) is 0 Å². The van der Waals surface area contributed by atoms with Gasteiger partial charge in [0, 0.05) is 32.5 Å². The molecule has 10 rings (SSSR count). The Kier molecular flexibility index (Phi) is 4.42. The minimum absolute atomic E-state index is 0.600. The third kappa shape index (κ3) is 3.12. The van der Waals surface area contributed by atoms with Gasteiger partial charge in [-0.25, -0.2) is 4.98 Å². The molecule has 0 saturated carbocycles. The molecule has 0 N–H and O–H groups in total. The van der Waals surface area contributed by atoms with Crippen LogP contribution in [0.4, 0.5) is 0 Å². The van der Waals surface area contributed by atoms with Crippen LogP contribution in [-0.2, 0) is 0 Å². The van der Waals surface area contributed by atoms with Crippen LogP contribution in [-0.4, -0.2) is 9.55 Å². The largest absolute Gasteiger partial charge is 0.456 e. The molecule has 0 bridgehead atoms. The monoisotopic (exact) mass is 550 g/mol. The summed E-state index contributed by atoms with van der Waals surface area (Å²) in [5.41, 5.74) is 7.69. The SMILES string of the molecule is c1ccc2c(-n3c4ccccc4c4ccc5ccccc5c43)c3c(cc2c1)oc1ccc(-c2nc4ccccc4o2)cc13. The molecular weight excluding hydrogens is 528 g/mol.